The molecule has 1 heterocycles. The number of hydrogen-bond donors (Lipinski definition) is 0. The molecule has 114 valence electrons. The Morgan fingerprint density at radius 2 is 2.05 bits per heavy atom. The van der Waals surface area contributed by atoms with Crippen molar-refractivity contribution in [1.82, 2.24) is 4.90 Å². The minimum Gasteiger partial charge on any atom is -0.381 e. The van der Waals surface area contributed by atoms with E-state index in [4.69, 9.17) is 27.9 Å². The monoisotopic (exact) mass is 381 g/mol. The number of likely N-dealkylation sites (tertiary alicyclic amines) is 1. The van der Waals surface area contributed by atoms with Crippen molar-refractivity contribution in [3.05, 3.63) is 33.8 Å². The molecule has 0 aromatic heterocycles. The number of halogens is 3. The van der Waals surface area contributed by atoms with Gasteiger partial charge in [-0.1, -0.05) is 29.3 Å². The van der Waals surface area contributed by atoms with Crippen molar-refractivity contribution in [1.29, 1.82) is 0 Å². The lowest BCUT2D eigenvalue weighted by molar-refractivity contribution is 0.0628. The molecule has 0 radical (unpaired) electrons. The number of piperidine rings is 1. The van der Waals surface area contributed by atoms with Gasteiger partial charge < -0.3 is 9.64 Å². The molecule has 0 amide bonds. The van der Waals surface area contributed by atoms with Crippen LogP contribution in [-0.4, -0.2) is 38.3 Å². The smallest absolute Gasteiger partial charge is 0.0595 e. The predicted octanol–water partition coefficient (Wildman–Crippen LogP) is 4.64. The molecule has 1 aromatic carbocycles. The molecule has 1 aliphatic rings. The maximum Gasteiger partial charge on any atom is 0.0595 e. The third-order valence-electron chi connectivity index (χ3n) is 3.84. The Morgan fingerprint density at radius 3 is 2.70 bits per heavy atom. The van der Waals surface area contributed by atoms with Gasteiger partial charge in [0.1, 0.15) is 0 Å². The van der Waals surface area contributed by atoms with Crippen LogP contribution in [0, 0.1) is 5.92 Å². The van der Waals surface area contributed by atoms with Crippen molar-refractivity contribution in [3.8, 4) is 0 Å². The Bertz CT molecular complexity index is 430. The van der Waals surface area contributed by atoms with Crippen LogP contribution < -0.4 is 0 Å². The first kappa shape index (κ1) is 18.2. The lowest BCUT2D eigenvalue weighted by Gasteiger charge is -2.37. The Kier molecular flexibility index (Phi) is 7.84. The molecule has 0 N–H and O–H groups in total. The maximum absolute atomic E-state index is 6.14. The number of ether oxygens (including phenoxy) is 1. The molecule has 5 heteroatoms. The zero-order valence-electron chi connectivity index (χ0n) is 11.9. The molecular formula is C15H22BrCl2NO. The normalized spacial score (nSPS) is 23.4. The number of benzene rings is 1. The predicted molar refractivity (Wildman–Crippen MR) is 91.6 cm³/mol. The summed E-state index contributed by atoms with van der Waals surface area (Å²) in [7, 11) is 2.17. The number of nitrogens with zero attached hydrogens (tertiary/aromatic N) is 1. The molecule has 0 unspecified atom stereocenters. The van der Waals surface area contributed by atoms with E-state index in [1.807, 2.05) is 19.1 Å². The third kappa shape index (κ3) is 4.60. The fourth-order valence-electron chi connectivity index (χ4n) is 2.83. The molecule has 2 rings (SSSR count). The van der Waals surface area contributed by atoms with Gasteiger partial charge in [-0.2, -0.15) is 0 Å². The van der Waals surface area contributed by atoms with Crippen LogP contribution in [-0.2, 0) is 4.74 Å². The largest absolute Gasteiger partial charge is 0.381 e. The molecule has 0 bridgehead atoms. The molecular weight excluding hydrogens is 361 g/mol. The van der Waals surface area contributed by atoms with E-state index in [2.05, 4.69) is 18.0 Å². The number of hydrogen-bond acceptors (Lipinski definition) is 2. The van der Waals surface area contributed by atoms with E-state index in [0.29, 0.717) is 21.9 Å². The molecule has 1 aliphatic heterocycles. The molecule has 20 heavy (non-hydrogen) atoms. The Balaban J connectivity index is 0.00000200. The summed E-state index contributed by atoms with van der Waals surface area (Å²) >= 11 is 12.1. The van der Waals surface area contributed by atoms with E-state index in [1.54, 1.807) is 0 Å². The standard InChI is InChI=1S/C15H21Cl2NO.BrH/c1-3-19-10-12-9-18(2)7-6-13(12)11-4-5-14(16)15(17)8-11;/h4-5,8,12-13H,3,6-7,9-10H2,1-2H3;1H/t12-,13-;/m1./s1. The van der Waals surface area contributed by atoms with Gasteiger partial charge in [-0.05, 0) is 50.6 Å². The van der Waals surface area contributed by atoms with Crippen molar-refractivity contribution in [2.24, 2.45) is 5.92 Å². The maximum atomic E-state index is 6.14. The fraction of sp³-hybridized carbons (Fsp3) is 0.600. The SMILES string of the molecule is Br.CCOC[C@H]1CN(C)CC[C@@H]1c1ccc(Cl)c(Cl)c1. The van der Waals surface area contributed by atoms with Crippen molar-refractivity contribution in [2.45, 2.75) is 19.3 Å². The van der Waals surface area contributed by atoms with Gasteiger partial charge in [-0.3, -0.25) is 0 Å². The second kappa shape index (κ2) is 8.60. The molecule has 2 atom stereocenters. The highest BCUT2D eigenvalue weighted by Gasteiger charge is 2.29. The van der Waals surface area contributed by atoms with Crippen LogP contribution in [0.5, 0.6) is 0 Å². The summed E-state index contributed by atoms with van der Waals surface area (Å²) in [5.74, 6) is 1.04. The van der Waals surface area contributed by atoms with E-state index in [-0.39, 0.29) is 17.0 Å². The minimum atomic E-state index is 0. The quantitative estimate of drug-likeness (QED) is 0.751. The summed E-state index contributed by atoms with van der Waals surface area (Å²) in [5, 5.41) is 1.27. The lowest BCUT2D eigenvalue weighted by Crippen LogP contribution is -2.39. The van der Waals surface area contributed by atoms with E-state index in [9.17, 15) is 0 Å². The Labute approximate surface area is 142 Å². The van der Waals surface area contributed by atoms with Gasteiger partial charge in [0.2, 0.25) is 0 Å². The average molecular weight is 383 g/mol. The molecule has 0 saturated carbocycles. The summed E-state index contributed by atoms with van der Waals surface area (Å²) in [6, 6.07) is 6.01. The van der Waals surface area contributed by atoms with Gasteiger partial charge in [0.05, 0.1) is 16.7 Å². The molecule has 0 spiro atoms. The van der Waals surface area contributed by atoms with Gasteiger partial charge in [-0.15, -0.1) is 17.0 Å². The molecule has 1 aromatic rings. The summed E-state index contributed by atoms with van der Waals surface area (Å²) in [4.78, 5) is 2.37. The highest BCUT2D eigenvalue weighted by molar-refractivity contribution is 8.93. The van der Waals surface area contributed by atoms with Gasteiger partial charge in [0.15, 0.2) is 0 Å². The van der Waals surface area contributed by atoms with E-state index in [1.165, 1.54) is 5.56 Å². The van der Waals surface area contributed by atoms with Crippen LogP contribution in [0.1, 0.15) is 24.8 Å². The van der Waals surface area contributed by atoms with E-state index < -0.39 is 0 Å². The second-order valence-electron chi connectivity index (χ2n) is 5.25. The topological polar surface area (TPSA) is 12.5 Å². The fourth-order valence-corrected chi connectivity index (χ4v) is 3.14. The second-order valence-corrected chi connectivity index (χ2v) is 6.06. The first-order valence-corrected chi connectivity index (χ1v) is 7.58. The van der Waals surface area contributed by atoms with E-state index >= 15 is 0 Å². The van der Waals surface area contributed by atoms with Crippen LogP contribution in [0.3, 0.4) is 0 Å². The highest BCUT2D eigenvalue weighted by atomic mass is 79.9. The van der Waals surface area contributed by atoms with Crippen LogP contribution in [0.25, 0.3) is 0 Å². The van der Waals surface area contributed by atoms with Crippen molar-refractivity contribution < 1.29 is 4.74 Å². The van der Waals surface area contributed by atoms with Crippen LogP contribution in [0.15, 0.2) is 18.2 Å². The van der Waals surface area contributed by atoms with Crippen LogP contribution in [0.2, 0.25) is 10.0 Å². The van der Waals surface area contributed by atoms with Gasteiger partial charge in [-0.25, -0.2) is 0 Å². The Morgan fingerprint density at radius 1 is 1.30 bits per heavy atom. The number of rotatable bonds is 4. The molecule has 1 saturated heterocycles. The van der Waals surface area contributed by atoms with E-state index in [0.717, 1.165) is 32.7 Å². The summed E-state index contributed by atoms with van der Waals surface area (Å²) < 4.78 is 5.64. The highest BCUT2D eigenvalue weighted by Crippen LogP contribution is 2.35. The third-order valence-corrected chi connectivity index (χ3v) is 4.58. The molecule has 1 fully saturated rings. The molecule has 2 nitrogen and oxygen atoms in total. The lowest BCUT2D eigenvalue weighted by atomic mass is 9.81. The zero-order valence-corrected chi connectivity index (χ0v) is 15.2. The summed E-state index contributed by atoms with van der Waals surface area (Å²) in [5.41, 5.74) is 1.28. The van der Waals surface area contributed by atoms with Crippen molar-refractivity contribution >= 4 is 40.2 Å². The average Bonchev–Trinajstić information content (AvgIpc) is 2.40. The van der Waals surface area contributed by atoms with Gasteiger partial charge in [0, 0.05) is 19.1 Å². The zero-order chi connectivity index (χ0) is 13.8. The van der Waals surface area contributed by atoms with Crippen LogP contribution >= 0.6 is 40.2 Å². The van der Waals surface area contributed by atoms with Gasteiger partial charge >= 0.3 is 0 Å². The first-order valence-electron chi connectivity index (χ1n) is 6.83. The molecule has 0 aliphatic carbocycles. The first-order chi connectivity index (χ1) is 9.11. The summed E-state index contributed by atoms with van der Waals surface area (Å²) in [6.07, 6.45) is 1.15. The van der Waals surface area contributed by atoms with Crippen molar-refractivity contribution in [3.63, 3.8) is 0 Å². The van der Waals surface area contributed by atoms with Crippen molar-refractivity contribution in [2.75, 3.05) is 33.4 Å². The minimum absolute atomic E-state index is 0. The van der Waals surface area contributed by atoms with Crippen LogP contribution in [0.4, 0.5) is 0 Å². The Hall–Kier alpha value is 0.200. The van der Waals surface area contributed by atoms with Gasteiger partial charge in [0.25, 0.3) is 0 Å². The summed E-state index contributed by atoms with van der Waals surface area (Å²) in [6.45, 7) is 5.82.